The second-order valence-electron chi connectivity index (χ2n) is 4.17. The number of rotatable bonds is 3. The SMILES string of the molecule is Cc1ccc(Nc2cc([N+](=O)[O-])ccc2N)c(O)c1.[Co]. The van der Waals surface area contributed by atoms with E-state index in [1.165, 1.54) is 18.2 Å². The van der Waals surface area contributed by atoms with E-state index in [2.05, 4.69) is 5.32 Å². The summed E-state index contributed by atoms with van der Waals surface area (Å²) in [5, 5.41) is 23.4. The van der Waals surface area contributed by atoms with Crippen LogP contribution in [0.2, 0.25) is 0 Å². The summed E-state index contributed by atoms with van der Waals surface area (Å²) >= 11 is 0. The van der Waals surface area contributed by atoms with Crippen molar-refractivity contribution in [1.29, 1.82) is 0 Å². The normalized spacial score (nSPS) is 9.65. The van der Waals surface area contributed by atoms with Gasteiger partial charge in [0.15, 0.2) is 0 Å². The molecule has 0 heterocycles. The number of aromatic hydroxyl groups is 1. The summed E-state index contributed by atoms with van der Waals surface area (Å²) in [6.07, 6.45) is 0. The first-order valence-electron chi connectivity index (χ1n) is 5.58. The Labute approximate surface area is 126 Å². The maximum Gasteiger partial charge on any atom is 0.271 e. The second kappa shape index (κ2) is 6.26. The fourth-order valence-corrected chi connectivity index (χ4v) is 1.66. The Bertz CT molecular complexity index is 647. The van der Waals surface area contributed by atoms with Crippen LogP contribution in [0.5, 0.6) is 5.75 Å². The van der Waals surface area contributed by atoms with Crippen LogP contribution in [-0.2, 0) is 16.8 Å². The maximum absolute atomic E-state index is 10.7. The van der Waals surface area contributed by atoms with Gasteiger partial charge in [-0.05, 0) is 30.7 Å². The fraction of sp³-hybridized carbons (Fsp3) is 0.0769. The van der Waals surface area contributed by atoms with E-state index in [-0.39, 0.29) is 28.2 Å². The third kappa shape index (κ3) is 3.40. The van der Waals surface area contributed by atoms with E-state index in [1.54, 1.807) is 12.1 Å². The van der Waals surface area contributed by atoms with Gasteiger partial charge in [-0.25, -0.2) is 0 Å². The molecule has 0 unspecified atom stereocenters. The van der Waals surface area contributed by atoms with Gasteiger partial charge >= 0.3 is 0 Å². The number of anilines is 3. The number of nitro benzene ring substituents is 1. The zero-order valence-electron chi connectivity index (χ0n) is 10.6. The molecule has 4 N–H and O–H groups in total. The van der Waals surface area contributed by atoms with Crippen LogP contribution < -0.4 is 11.1 Å². The number of benzene rings is 2. The van der Waals surface area contributed by atoms with Crippen LogP contribution in [0.25, 0.3) is 0 Å². The van der Waals surface area contributed by atoms with Gasteiger partial charge in [-0.1, -0.05) is 6.07 Å². The second-order valence-corrected chi connectivity index (χ2v) is 4.17. The number of nitrogens with one attached hydrogen (secondary N) is 1. The number of non-ortho nitro benzene ring substituents is 1. The molecular weight excluding hydrogens is 305 g/mol. The van der Waals surface area contributed by atoms with E-state index >= 15 is 0 Å². The molecule has 0 aromatic heterocycles. The molecule has 7 heteroatoms. The largest absolute Gasteiger partial charge is 0.506 e. The van der Waals surface area contributed by atoms with Crippen molar-refractivity contribution >= 4 is 22.7 Å². The zero-order valence-corrected chi connectivity index (χ0v) is 11.6. The Balaban J connectivity index is 0.00000200. The molecule has 0 aliphatic heterocycles. The predicted octanol–water partition coefficient (Wildman–Crippen LogP) is 2.93. The van der Waals surface area contributed by atoms with Crippen LogP contribution in [-0.4, -0.2) is 10.0 Å². The Morgan fingerprint density at radius 2 is 1.90 bits per heavy atom. The minimum absolute atomic E-state index is 0. The molecule has 0 saturated carbocycles. The number of phenols is 1. The summed E-state index contributed by atoms with van der Waals surface area (Å²) < 4.78 is 0. The Morgan fingerprint density at radius 3 is 2.50 bits per heavy atom. The third-order valence-corrected chi connectivity index (χ3v) is 2.67. The van der Waals surface area contributed by atoms with Crippen LogP contribution in [0.4, 0.5) is 22.7 Å². The van der Waals surface area contributed by atoms with Gasteiger partial charge in [0.25, 0.3) is 5.69 Å². The van der Waals surface area contributed by atoms with E-state index < -0.39 is 4.92 Å². The molecule has 20 heavy (non-hydrogen) atoms. The number of hydrogen-bond acceptors (Lipinski definition) is 5. The van der Waals surface area contributed by atoms with Crippen LogP contribution in [0, 0.1) is 17.0 Å². The average Bonchev–Trinajstić information content (AvgIpc) is 2.34. The molecule has 0 fully saturated rings. The first kappa shape index (κ1) is 15.8. The molecule has 0 atom stereocenters. The van der Waals surface area contributed by atoms with Gasteiger partial charge in [0.05, 0.1) is 22.0 Å². The quantitative estimate of drug-likeness (QED) is 0.349. The van der Waals surface area contributed by atoms with Gasteiger partial charge in [0.1, 0.15) is 5.75 Å². The number of nitrogen functional groups attached to an aromatic ring is 1. The van der Waals surface area contributed by atoms with Crippen molar-refractivity contribution in [3.05, 3.63) is 52.1 Å². The smallest absolute Gasteiger partial charge is 0.271 e. The number of aryl methyl sites for hydroxylation is 1. The van der Waals surface area contributed by atoms with Crippen molar-refractivity contribution < 1.29 is 26.8 Å². The topological polar surface area (TPSA) is 101 Å². The molecule has 2 aromatic rings. The van der Waals surface area contributed by atoms with Crippen molar-refractivity contribution in [3.8, 4) is 5.75 Å². The number of nitrogens with zero attached hydrogens (tertiary/aromatic N) is 1. The molecule has 0 aliphatic carbocycles. The van der Waals surface area contributed by atoms with E-state index in [9.17, 15) is 15.2 Å². The Hall–Kier alpha value is -2.25. The molecule has 0 saturated heterocycles. The van der Waals surface area contributed by atoms with Crippen LogP contribution >= 0.6 is 0 Å². The first-order valence-corrected chi connectivity index (χ1v) is 5.58. The van der Waals surface area contributed by atoms with E-state index in [0.717, 1.165) is 5.56 Å². The van der Waals surface area contributed by atoms with Gasteiger partial charge in [0.2, 0.25) is 0 Å². The van der Waals surface area contributed by atoms with Crippen molar-refractivity contribution in [2.45, 2.75) is 6.92 Å². The van der Waals surface area contributed by atoms with Gasteiger partial charge < -0.3 is 16.2 Å². The standard InChI is InChI=1S/C13H13N3O3.Co/c1-8-2-5-11(13(17)6-8)15-12-7-9(16(18)19)3-4-10(12)14;/h2-7,15,17H,14H2,1H3;. The molecule has 2 aromatic carbocycles. The maximum atomic E-state index is 10.7. The van der Waals surface area contributed by atoms with Gasteiger partial charge in [-0.2, -0.15) is 0 Å². The molecule has 0 spiro atoms. The minimum atomic E-state index is -0.500. The summed E-state index contributed by atoms with van der Waals surface area (Å²) in [6, 6.07) is 9.20. The number of nitrogens with two attached hydrogens (primary N) is 1. The summed E-state index contributed by atoms with van der Waals surface area (Å²) in [5.74, 6) is 0.0610. The molecule has 1 radical (unpaired) electrons. The molecule has 2 rings (SSSR count). The number of nitro groups is 1. The third-order valence-electron chi connectivity index (χ3n) is 2.67. The molecular formula is C13H13CoN3O3. The van der Waals surface area contributed by atoms with Crippen molar-refractivity contribution in [3.63, 3.8) is 0 Å². The average molecular weight is 318 g/mol. The summed E-state index contributed by atoms with van der Waals surface area (Å²) in [5.41, 5.74) is 7.79. The number of phenolic OH excluding ortho intramolecular Hbond substituents is 1. The molecule has 107 valence electrons. The monoisotopic (exact) mass is 318 g/mol. The zero-order chi connectivity index (χ0) is 14.0. The van der Waals surface area contributed by atoms with Crippen LogP contribution in [0.1, 0.15) is 5.56 Å². The molecule has 0 amide bonds. The van der Waals surface area contributed by atoms with Crippen LogP contribution in [0.15, 0.2) is 36.4 Å². The van der Waals surface area contributed by atoms with E-state index in [4.69, 9.17) is 5.73 Å². The number of hydrogen-bond donors (Lipinski definition) is 3. The Kier molecular flexibility index (Phi) is 4.95. The molecule has 0 aliphatic rings. The molecule has 6 nitrogen and oxygen atoms in total. The van der Waals surface area contributed by atoms with Gasteiger partial charge in [-0.3, -0.25) is 10.1 Å². The summed E-state index contributed by atoms with van der Waals surface area (Å²) in [7, 11) is 0. The van der Waals surface area contributed by atoms with Crippen molar-refractivity contribution in [2.75, 3.05) is 11.1 Å². The van der Waals surface area contributed by atoms with E-state index in [1.807, 2.05) is 13.0 Å². The first-order chi connectivity index (χ1) is 8.97. The summed E-state index contributed by atoms with van der Waals surface area (Å²) in [6.45, 7) is 1.85. The van der Waals surface area contributed by atoms with Gasteiger partial charge in [-0.15, -0.1) is 0 Å². The van der Waals surface area contributed by atoms with Crippen molar-refractivity contribution in [2.24, 2.45) is 0 Å². The van der Waals surface area contributed by atoms with E-state index in [0.29, 0.717) is 17.1 Å². The summed E-state index contributed by atoms with van der Waals surface area (Å²) in [4.78, 5) is 10.2. The molecule has 0 bridgehead atoms. The predicted molar refractivity (Wildman–Crippen MR) is 73.6 cm³/mol. The fourth-order valence-electron chi connectivity index (χ4n) is 1.66. The van der Waals surface area contributed by atoms with Gasteiger partial charge in [0, 0.05) is 28.9 Å². The minimum Gasteiger partial charge on any atom is -0.506 e. The van der Waals surface area contributed by atoms with Crippen LogP contribution in [0.3, 0.4) is 0 Å². The van der Waals surface area contributed by atoms with Crippen molar-refractivity contribution in [1.82, 2.24) is 0 Å². The Morgan fingerprint density at radius 1 is 1.20 bits per heavy atom.